The number of thiazole rings is 1. The minimum absolute atomic E-state index is 0.212. The summed E-state index contributed by atoms with van der Waals surface area (Å²) in [5.41, 5.74) is 2.68. The molecule has 0 aliphatic carbocycles. The first kappa shape index (κ1) is 21.6. The highest BCUT2D eigenvalue weighted by Crippen LogP contribution is 2.36. The van der Waals surface area contributed by atoms with Crippen LogP contribution in [0.15, 0.2) is 71.4 Å². The molecule has 6 nitrogen and oxygen atoms in total. The van der Waals surface area contributed by atoms with Gasteiger partial charge < -0.3 is 4.52 Å². The number of nitrogens with zero attached hydrogens (tertiary/aromatic N) is 4. The number of amides is 1. The second-order valence-corrected chi connectivity index (χ2v) is 9.06. The number of halogens is 2. The summed E-state index contributed by atoms with van der Waals surface area (Å²) in [6.07, 6.45) is 1.69. The number of hydrogen-bond acceptors (Lipinski definition) is 6. The molecule has 0 saturated carbocycles. The molecule has 0 aliphatic heterocycles. The molecule has 0 unspecified atom stereocenters. The van der Waals surface area contributed by atoms with Crippen molar-refractivity contribution in [2.24, 2.45) is 0 Å². The van der Waals surface area contributed by atoms with E-state index in [1.165, 1.54) is 11.3 Å². The predicted molar refractivity (Wildman–Crippen MR) is 131 cm³/mol. The zero-order valence-corrected chi connectivity index (χ0v) is 19.7. The lowest BCUT2D eigenvalue weighted by atomic mass is 10.0. The quantitative estimate of drug-likeness (QED) is 0.268. The molecular formula is C24H16Cl2N4O2S. The van der Waals surface area contributed by atoms with Crippen LogP contribution in [0.4, 0.5) is 5.13 Å². The standard InChI is InChI=1S/C24H16Cl2N4O2S/c1-14-20(21(29-32-14)16-8-2-3-9-17(16)25)23(31)30(13-15-7-4-5-12-27-15)24-28-22-18(26)10-6-11-19(22)33-24/h2-12H,13H2,1H3. The number of anilines is 1. The van der Waals surface area contributed by atoms with E-state index in [1.54, 1.807) is 36.2 Å². The lowest BCUT2D eigenvalue weighted by Gasteiger charge is -2.19. The van der Waals surface area contributed by atoms with Gasteiger partial charge in [-0.3, -0.25) is 14.7 Å². The molecule has 9 heteroatoms. The van der Waals surface area contributed by atoms with E-state index in [0.717, 1.165) is 4.70 Å². The van der Waals surface area contributed by atoms with Crippen LogP contribution in [0.3, 0.4) is 0 Å². The third kappa shape index (κ3) is 4.11. The molecule has 3 aromatic heterocycles. The fraction of sp³-hybridized carbons (Fsp3) is 0.0833. The Bertz CT molecular complexity index is 1470. The first-order valence-electron chi connectivity index (χ1n) is 10.0. The van der Waals surface area contributed by atoms with Gasteiger partial charge in [-0.1, -0.05) is 70.0 Å². The number of aromatic nitrogens is 3. The zero-order valence-electron chi connectivity index (χ0n) is 17.3. The van der Waals surface area contributed by atoms with Crippen molar-refractivity contribution >= 4 is 55.8 Å². The lowest BCUT2D eigenvalue weighted by Crippen LogP contribution is -2.31. The van der Waals surface area contributed by atoms with Crippen LogP contribution in [0.25, 0.3) is 21.5 Å². The Labute approximate surface area is 203 Å². The Kier molecular flexibility index (Phi) is 5.85. The molecule has 0 spiro atoms. The monoisotopic (exact) mass is 494 g/mol. The van der Waals surface area contributed by atoms with Crippen LogP contribution >= 0.6 is 34.5 Å². The number of rotatable bonds is 5. The van der Waals surface area contributed by atoms with Crippen molar-refractivity contribution in [3.8, 4) is 11.3 Å². The Balaban J connectivity index is 1.64. The largest absolute Gasteiger partial charge is 0.360 e. The van der Waals surface area contributed by atoms with Gasteiger partial charge in [-0.2, -0.15) is 0 Å². The Morgan fingerprint density at radius 3 is 2.58 bits per heavy atom. The summed E-state index contributed by atoms with van der Waals surface area (Å²) in [5, 5.41) is 5.65. The summed E-state index contributed by atoms with van der Waals surface area (Å²) in [7, 11) is 0. The van der Waals surface area contributed by atoms with Gasteiger partial charge in [-0.05, 0) is 37.3 Å². The van der Waals surface area contributed by atoms with Crippen molar-refractivity contribution in [1.82, 2.24) is 15.1 Å². The average Bonchev–Trinajstić information content (AvgIpc) is 3.42. The van der Waals surface area contributed by atoms with E-state index >= 15 is 0 Å². The van der Waals surface area contributed by atoms with E-state index in [4.69, 9.17) is 27.7 Å². The molecule has 0 aliphatic rings. The summed E-state index contributed by atoms with van der Waals surface area (Å²) in [6, 6.07) is 18.3. The maximum atomic E-state index is 14.0. The minimum Gasteiger partial charge on any atom is -0.360 e. The van der Waals surface area contributed by atoms with E-state index in [-0.39, 0.29) is 12.5 Å². The van der Waals surface area contributed by atoms with Crippen LogP contribution in [0, 0.1) is 6.92 Å². The molecule has 2 aromatic carbocycles. The molecule has 0 radical (unpaired) electrons. The maximum Gasteiger partial charge on any atom is 0.266 e. The number of carbonyl (C=O) groups excluding carboxylic acids is 1. The molecule has 0 saturated heterocycles. The maximum absolute atomic E-state index is 14.0. The molecule has 0 bridgehead atoms. The number of carbonyl (C=O) groups is 1. The molecule has 0 atom stereocenters. The normalized spacial score (nSPS) is 11.1. The number of pyridine rings is 1. The van der Waals surface area contributed by atoms with Gasteiger partial charge in [0, 0.05) is 11.8 Å². The van der Waals surface area contributed by atoms with Crippen molar-refractivity contribution < 1.29 is 9.32 Å². The molecule has 3 heterocycles. The van der Waals surface area contributed by atoms with Gasteiger partial charge in [0.05, 0.1) is 27.0 Å². The van der Waals surface area contributed by atoms with Crippen molar-refractivity contribution in [3.63, 3.8) is 0 Å². The number of fused-ring (bicyclic) bond motifs is 1. The Morgan fingerprint density at radius 2 is 1.82 bits per heavy atom. The average molecular weight is 495 g/mol. The molecule has 5 rings (SSSR count). The molecule has 5 aromatic rings. The molecule has 0 fully saturated rings. The van der Waals surface area contributed by atoms with E-state index in [1.807, 2.05) is 42.5 Å². The van der Waals surface area contributed by atoms with Crippen LogP contribution in [-0.4, -0.2) is 21.0 Å². The van der Waals surface area contributed by atoms with Crippen LogP contribution < -0.4 is 4.90 Å². The van der Waals surface area contributed by atoms with Crippen molar-refractivity contribution in [3.05, 3.63) is 93.9 Å². The summed E-state index contributed by atoms with van der Waals surface area (Å²) in [5.74, 6) is 0.0737. The third-order valence-electron chi connectivity index (χ3n) is 5.09. The summed E-state index contributed by atoms with van der Waals surface area (Å²) >= 11 is 14.1. The van der Waals surface area contributed by atoms with Crippen molar-refractivity contribution in [2.75, 3.05) is 4.90 Å². The summed E-state index contributed by atoms with van der Waals surface area (Å²) < 4.78 is 6.31. The molecular weight excluding hydrogens is 479 g/mol. The van der Waals surface area contributed by atoms with Gasteiger partial charge in [0.25, 0.3) is 5.91 Å². The fourth-order valence-electron chi connectivity index (χ4n) is 3.49. The third-order valence-corrected chi connectivity index (χ3v) is 6.76. The highest BCUT2D eigenvalue weighted by atomic mass is 35.5. The second-order valence-electron chi connectivity index (χ2n) is 7.24. The predicted octanol–water partition coefficient (Wildman–Crippen LogP) is 6.81. The van der Waals surface area contributed by atoms with Crippen LogP contribution in [0.5, 0.6) is 0 Å². The van der Waals surface area contributed by atoms with Crippen molar-refractivity contribution in [1.29, 1.82) is 0 Å². The highest BCUT2D eigenvalue weighted by molar-refractivity contribution is 7.22. The van der Waals surface area contributed by atoms with Gasteiger partial charge in [0.1, 0.15) is 22.5 Å². The molecule has 164 valence electrons. The molecule has 0 N–H and O–H groups in total. The Hall–Kier alpha value is -3.26. The highest BCUT2D eigenvalue weighted by Gasteiger charge is 2.30. The molecule has 1 amide bonds. The summed E-state index contributed by atoms with van der Waals surface area (Å²) in [6.45, 7) is 1.92. The van der Waals surface area contributed by atoms with E-state index in [9.17, 15) is 4.79 Å². The Morgan fingerprint density at radius 1 is 1.03 bits per heavy atom. The number of aryl methyl sites for hydroxylation is 1. The van der Waals surface area contributed by atoms with Crippen LogP contribution in [0.2, 0.25) is 10.0 Å². The number of benzene rings is 2. The topological polar surface area (TPSA) is 72.1 Å². The van der Waals surface area contributed by atoms with Gasteiger partial charge in [0.2, 0.25) is 0 Å². The first-order valence-corrected chi connectivity index (χ1v) is 11.6. The number of para-hydroxylation sites is 1. The van der Waals surface area contributed by atoms with Crippen LogP contribution in [-0.2, 0) is 6.54 Å². The van der Waals surface area contributed by atoms with E-state index < -0.39 is 0 Å². The van der Waals surface area contributed by atoms with Gasteiger partial charge in [0.15, 0.2) is 5.13 Å². The van der Waals surface area contributed by atoms with Crippen molar-refractivity contribution in [2.45, 2.75) is 13.5 Å². The smallest absolute Gasteiger partial charge is 0.266 e. The fourth-order valence-corrected chi connectivity index (χ4v) is 4.98. The van der Waals surface area contributed by atoms with E-state index in [0.29, 0.717) is 49.0 Å². The second kappa shape index (κ2) is 8.94. The van der Waals surface area contributed by atoms with Gasteiger partial charge >= 0.3 is 0 Å². The SMILES string of the molecule is Cc1onc(-c2ccccc2Cl)c1C(=O)N(Cc1ccccn1)c1nc2c(Cl)cccc2s1. The minimum atomic E-state index is -0.315. The first-order chi connectivity index (χ1) is 16.0. The van der Waals surface area contributed by atoms with E-state index in [2.05, 4.69) is 15.1 Å². The van der Waals surface area contributed by atoms with Crippen LogP contribution in [0.1, 0.15) is 21.8 Å². The summed E-state index contributed by atoms with van der Waals surface area (Å²) in [4.78, 5) is 24.6. The lowest BCUT2D eigenvalue weighted by molar-refractivity contribution is 0.0984. The van der Waals surface area contributed by atoms with Gasteiger partial charge in [-0.15, -0.1) is 0 Å². The zero-order chi connectivity index (χ0) is 22.9. The number of hydrogen-bond donors (Lipinski definition) is 0. The van der Waals surface area contributed by atoms with Gasteiger partial charge in [-0.25, -0.2) is 4.98 Å². The molecule has 33 heavy (non-hydrogen) atoms.